The molecule has 0 atom stereocenters. The van der Waals surface area contributed by atoms with E-state index in [0.29, 0.717) is 24.5 Å². The molecule has 114 valence electrons. The molecule has 1 saturated heterocycles. The fourth-order valence-corrected chi connectivity index (χ4v) is 4.56. The van der Waals surface area contributed by atoms with Crippen molar-refractivity contribution in [3.63, 3.8) is 0 Å². The molecule has 1 aromatic rings. The Labute approximate surface area is 122 Å². The molecule has 1 aliphatic rings. The fraction of sp³-hybridized carbons (Fsp3) is 0.714. The molecule has 2 rings (SSSR count). The van der Waals surface area contributed by atoms with Gasteiger partial charge in [-0.05, 0) is 31.4 Å². The zero-order chi connectivity index (χ0) is 15.0. The molecule has 0 saturated carbocycles. The maximum Gasteiger partial charge on any atom is 0.244 e. The number of sulfonamides is 1. The molecule has 0 bridgehead atoms. The van der Waals surface area contributed by atoms with Crippen molar-refractivity contribution in [1.82, 2.24) is 14.2 Å². The third-order valence-corrected chi connectivity index (χ3v) is 5.75. The quantitative estimate of drug-likeness (QED) is 0.918. The molecule has 1 N–H and O–H groups in total. The van der Waals surface area contributed by atoms with Gasteiger partial charge >= 0.3 is 0 Å². The second-order valence-electron chi connectivity index (χ2n) is 6.41. The maximum absolute atomic E-state index is 12.7. The highest BCUT2D eigenvalue weighted by Gasteiger charge is 2.34. The molecule has 1 aliphatic heterocycles. The second-order valence-corrected chi connectivity index (χ2v) is 8.35. The predicted octanol–water partition coefficient (Wildman–Crippen LogP) is 1.56. The average molecular weight is 299 g/mol. The molecular formula is C14H25N3O2S. The van der Waals surface area contributed by atoms with Gasteiger partial charge in [-0.3, -0.25) is 0 Å². The van der Waals surface area contributed by atoms with Gasteiger partial charge in [0.05, 0.1) is 0 Å². The summed E-state index contributed by atoms with van der Waals surface area (Å²) in [7, 11) is 0.368. The van der Waals surface area contributed by atoms with Gasteiger partial charge in [0.15, 0.2) is 0 Å². The molecule has 6 heteroatoms. The van der Waals surface area contributed by atoms with Crippen LogP contribution in [0.25, 0.3) is 0 Å². The summed E-state index contributed by atoms with van der Waals surface area (Å²) in [4.78, 5) is 0.406. The van der Waals surface area contributed by atoms with Crippen LogP contribution in [0.5, 0.6) is 0 Å². The summed E-state index contributed by atoms with van der Waals surface area (Å²) < 4.78 is 29.0. The van der Waals surface area contributed by atoms with Gasteiger partial charge in [-0.25, -0.2) is 8.42 Å². The van der Waals surface area contributed by atoms with Gasteiger partial charge < -0.3 is 9.88 Å². The molecule has 1 fully saturated rings. The van der Waals surface area contributed by atoms with Crippen LogP contribution < -0.4 is 5.32 Å². The van der Waals surface area contributed by atoms with Crippen molar-refractivity contribution in [3.8, 4) is 0 Å². The summed E-state index contributed by atoms with van der Waals surface area (Å²) in [6, 6.07) is 1.77. The molecule has 0 amide bonds. The minimum absolute atomic E-state index is 0.0634. The van der Waals surface area contributed by atoms with Gasteiger partial charge in [0.25, 0.3) is 0 Å². The molecular weight excluding hydrogens is 274 g/mol. The van der Waals surface area contributed by atoms with Crippen molar-refractivity contribution >= 4 is 10.0 Å². The van der Waals surface area contributed by atoms with Crippen molar-refractivity contribution in [2.75, 3.05) is 20.1 Å². The van der Waals surface area contributed by atoms with Gasteiger partial charge in [0, 0.05) is 38.6 Å². The van der Waals surface area contributed by atoms with Crippen LogP contribution in [-0.4, -0.2) is 37.4 Å². The van der Waals surface area contributed by atoms with E-state index in [4.69, 9.17) is 0 Å². The number of hydrogen-bond acceptors (Lipinski definition) is 3. The Hall–Kier alpha value is -0.850. The van der Waals surface area contributed by atoms with Gasteiger partial charge in [-0.15, -0.1) is 0 Å². The van der Waals surface area contributed by atoms with Gasteiger partial charge in [-0.1, -0.05) is 13.8 Å². The van der Waals surface area contributed by atoms with E-state index in [-0.39, 0.29) is 5.41 Å². The van der Waals surface area contributed by atoms with Crippen LogP contribution in [0.1, 0.15) is 32.4 Å². The Bertz CT molecular complexity index is 575. The third kappa shape index (κ3) is 3.07. The van der Waals surface area contributed by atoms with Crippen LogP contribution in [0.2, 0.25) is 0 Å². The molecule has 5 nitrogen and oxygen atoms in total. The van der Waals surface area contributed by atoms with Crippen LogP contribution >= 0.6 is 0 Å². The minimum atomic E-state index is -3.37. The molecule has 0 aromatic carbocycles. The number of aromatic nitrogens is 1. The number of aryl methyl sites for hydroxylation is 1. The maximum atomic E-state index is 12.7. The second kappa shape index (κ2) is 5.50. The highest BCUT2D eigenvalue weighted by atomic mass is 32.2. The van der Waals surface area contributed by atoms with E-state index < -0.39 is 10.0 Å². The Morgan fingerprint density at radius 1 is 1.40 bits per heavy atom. The van der Waals surface area contributed by atoms with Crippen molar-refractivity contribution in [3.05, 3.63) is 18.0 Å². The predicted molar refractivity (Wildman–Crippen MR) is 80.0 cm³/mol. The molecule has 0 spiro atoms. The van der Waals surface area contributed by atoms with Crippen molar-refractivity contribution in [2.45, 2.75) is 38.1 Å². The highest BCUT2D eigenvalue weighted by Crippen LogP contribution is 2.32. The Morgan fingerprint density at radius 3 is 2.70 bits per heavy atom. The number of nitrogens with one attached hydrogen (secondary N) is 1. The lowest BCUT2D eigenvalue weighted by Crippen LogP contribution is -2.43. The summed E-state index contributed by atoms with van der Waals surface area (Å²) in [5.41, 5.74) is 1.04. The minimum Gasteiger partial charge on any atom is -0.352 e. The first-order valence-electron chi connectivity index (χ1n) is 7.06. The largest absolute Gasteiger partial charge is 0.352 e. The van der Waals surface area contributed by atoms with Crippen LogP contribution in [0.3, 0.4) is 0 Å². The topological polar surface area (TPSA) is 54.3 Å². The standard InChI is InChI=1S/C14H25N3O2S/c1-14(2)6-5-7-17(11-14)20(18,19)13-8-12(9-15-3)16(4)10-13/h8,10,15H,5-7,9,11H2,1-4H3. The monoisotopic (exact) mass is 299 g/mol. The van der Waals surface area contributed by atoms with Crippen molar-refractivity contribution in [1.29, 1.82) is 0 Å². The summed E-state index contributed by atoms with van der Waals surface area (Å²) in [6.45, 7) is 6.16. The van der Waals surface area contributed by atoms with Crippen molar-refractivity contribution in [2.24, 2.45) is 12.5 Å². The van der Waals surface area contributed by atoms with E-state index >= 15 is 0 Å². The van der Waals surface area contributed by atoms with E-state index in [0.717, 1.165) is 18.5 Å². The summed E-state index contributed by atoms with van der Waals surface area (Å²) >= 11 is 0. The average Bonchev–Trinajstić information content (AvgIpc) is 2.71. The number of nitrogens with zero attached hydrogens (tertiary/aromatic N) is 2. The zero-order valence-electron chi connectivity index (χ0n) is 12.8. The van der Waals surface area contributed by atoms with E-state index in [2.05, 4.69) is 19.2 Å². The Balaban J connectivity index is 2.28. The summed E-state index contributed by atoms with van der Waals surface area (Å²) in [6.07, 6.45) is 3.73. The Kier molecular flexibility index (Phi) is 4.27. The normalized spacial score (nSPS) is 20.2. The van der Waals surface area contributed by atoms with Crippen molar-refractivity contribution < 1.29 is 8.42 Å². The molecule has 20 heavy (non-hydrogen) atoms. The first kappa shape index (κ1) is 15.5. The number of hydrogen-bond donors (Lipinski definition) is 1. The lowest BCUT2D eigenvalue weighted by molar-refractivity contribution is 0.187. The lowest BCUT2D eigenvalue weighted by Gasteiger charge is -2.36. The molecule has 0 aliphatic carbocycles. The first-order valence-corrected chi connectivity index (χ1v) is 8.50. The fourth-order valence-electron chi connectivity index (χ4n) is 2.80. The molecule has 1 aromatic heterocycles. The van der Waals surface area contributed by atoms with E-state index in [9.17, 15) is 8.42 Å². The molecule has 2 heterocycles. The van der Waals surface area contributed by atoms with Gasteiger partial charge in [-0.2, -0.15) is 4.31 Å². The SMILES string of the molecule is CNCc1cc(S(=O)(=O)N2CCCC(C)(C)C2)cn1C. The van der Waals surface area contributed by atoms with E-state index in [1.54, 1.807) is 16.6 Å². The summed E-state index contributed by atoms with van der Waals surface area (Å²) in [5, 5.41) is 3.05. The van der Waals surface area contributed by atoms with Gasteiger partial charge in [0.2, 0.25) is 10.0 Å². The molecule has 0 unspecified atom stereocenters. The van der Waals surface area contributed by atoms with Crippen LogP contribution in [-0.2, 0) is 23.6 Å². The highest BCUT2D eigenvalue weighted by molar-refractivity contribution is 7.89. The van der Waals surface area contributed by atoms with E-state index in [1.807, 2.05) is 18.7 Å². The van der Waals surface area contributed by atoms with E-state index in [1.165, 1.54) is 0 Å². The zero-order valence-corrected chi connectivity index (χ0v) is 13.6. The smallest absolute Gasteiger partial charge is 0.244 e. The third-order valence-electron chi connectivity index (χ3n) is 3.94. The lowest BCUT2D eigenvalue weighted by atomic mass is 9.85. The first-order chi connectivity index (χ1) is 9.26. The Morgan fingerprint density at radius 2 is 2.10 bits per heavy atom. The number of piperidine rings is 1. The molecule has 0 radical (unpaired) electrons. The van der Waals surface area contributed by atoms with Gasteiger partial charge in [0.1, 0.15) is 4.90 Å². The number of rotatable bonds is 4. The van der Waals surface area contributed by atoms with Crippen LogP contribution in [0.4, 0.5) is 0 Å². The summed E-state index contributed by atoms with van der Waals surface area (Å²) in [5.74, 6) is 0. The van der Waals surface area contributed by atoms with Crippen LogP contribution in [0.15, 0.2) is 17.2 Å². The van der Waals surface area contributed by atoms with Crippen LogP contribution in [0, 0.1) is 5.41 Å².